The molecule has 0 aromatic heterocycles. The Morgan fingerprint density at radius 1 is 1.38 bits per heavy atom. The number of aliphatic hydroxyl groups is 1. The molecule has 0 saturated carbocycles. The van der Waals surface area contributed by atoms with Crippen molar-refractivity contribution >= 4 is 8.32 Å². The molecule has 0 bridgehead atoms. The summed E-state index contributed by atoms with van der Waals surface area (Å²) in [5, 5.41) is 10.4. The van der Waals surface area contributed by atoms with Crippen LogP contribution >= 0.6 is 0 Å². The van der Waals surface area contributed by atoms with Gasteiger partial charge in [-0.2, -0.15) is 0 Å². The summed E-state index contributed by atoms with van der Waals surface area (Å²) < 4.78 is 12.4. The van der Waals surface area contributed by atoms with Gasteiger partial charge in [0, 0.05) is 6.42 Å². The van der Waals surface area contributed by atoms with Gasteiger partial charge in [-0.05, 0) is 68.1 Å². The van der Waals surface area contributed by atoms with Gasteiger partial charge < -0.3 is 14.3 Å². The summed E-state index contributed by atoms with van der Waals surface area (Å²) in [5.41, 5.74) is 2.81. The lowest BCUT2D eigenvalue weighted by Crippen LogP contribution is -2.43. The molecule has 26 heavy (non-hydrogen) atoms. The summed E-state index contributed by atoms with van der Waals surface area (Å²) in [7, 11) is -1.79. The molecule has 0 spiro atoms. The fraction of sp³-hybridized carbons (Fsp3) is 0.818. The van der Waals surface area contributed by atoms with Crippen molar-refractivity contribution in [3.8, 4) is 0 Å². The highest BCUT2D eigenvalue weighted by Crippen LogP contribution is 2.51. The average molecular weight is 381 g/mol. The summed E-state index contributed by atoms with van der Waals surface area (Å²) in [6.07, 6.45) is 8.08. The Labute approximate surface area is 162 Å². The maximum atomic E-state index is 10.2. The molecule has 4 heteroatoms. The van der Waals surface area contributed by atoms with Gasteiger partial charge in [0.15, 0.2) is 14.6 Å². The molecule has 4 atom stereocenters. The maximum Gasteiger partial charge on any atom is 0.192 e. The molecule has 1 N–H and O–H groups in total. The Morgan fingerprint density at radius 2 is 2.04 bits per heavy atom. The molecule has 2 rings (SSSR count). The summed E-state index contributed by atoms with van der Waals surface area (Å²) >= 11 is 0. The molecule has 2 aliphatic rings. The normalized spacial score (nSPS) is 32.2. The first kappa shape index (κ1) is 21.9. The minimum Gasteiger partial charge on any atom is -0.413 e. The largest absolute Gasteiger partial charge is 0.413 e. The quantitative estimate of drug-likeness (QED) is 0.466. The highest BCUT2D eigenvalue weighted by Gasteiger charge is 2.49. The van der Waals surface area contributed by atoms with Gasteiger partial charge >= 0.3 is 0 Å². The molecule has 1 unspecified atom stereocenters. The minimum absolute atomic E-state index is 0.0141. The topological polar surface area (TPSA) is 38.7 Å². The smallest absolute Gasteiger partial charge is 0.192 e. The molecular formula is C22H40O3Si. The Balaban J connectivity index is 2.12. The molecule has 150 valence electrons. The van der Waals surface area contributed by atoms with E-state index in [2.05, 4.69) is 66.8 Å². The van der Waals surface area contributed by atoms with Crippen molar-refractivity contribution in [1.82, 2.24) is 0 Å². The summed E-state index contributed by atoms with van der Waals surface area (Å²) in [6, 6.07) is 0. The van der Waals surface area contributed by atoms with Crippen LogP contribution < -0.4 is 0 Å². The molecule has 1 saturated heterocycles. The van der Waals surface area contributed by atoms with E-state index < -0.39 is 14.6 Å². The lowest BCUT2D eigenvalue weighted by atomic mass is 9.64. The van der Waals surface area contributed by atoms with Gasteiger partial charge in [-0.1, -0.05) is 45.4 Å². The molecule has 3 nitrogen and oxygen atoms in total. The number of allylic oxidation sites excluding steroid dienone is 3. The highest BCUT2D eigenvalue weighted by atomic mass is 28.4. The zero-order valence-electron chi connectivity index (χ0n) is 18.2. The third-order valence-electron chi connectivity index (χ3n) is 6.89. The number of aliphatic hydroxyl groups excluding tert-OH is 1. The molecule has 0 radical (unpaired) electrons. The van der Waals surface area contributed by atoms with Crippen LogP contribution in [0.5, 0.6) is 0 Å². The average Bonchev–Trinajstić information content (AvgIpc) is 2.88. The molecule has 0 amide bonds. The van der Waals surface area contributed by atoms with Crippen molar-refractivity contribution in [2.24, 2.45) is 11.3 Å². The van der Waals surface area contributed by atoms with E-state index in [1.54, 1.807) is 0 Å². The third-order valence-corrected chi connectivity index (χ3v) is 11.4. The van der Waals surface area contributed by atoms with Crippen LogP contribution in [-0.2, 0) is 9.16 Å². The van der Waals surface area contributed by atoms with Crippen LogP contribution in [0.3, 0.4) is 0 Å². The second-order valence-corrected chi connectivity index (χ2v) is 15.2. The Hall–Kier alpha value is -0.423. The van der Waals surface area contributed by atoms with E-state index in [4.69, 9.17) is 9.16 Å². The van der Waals surface area contributed by atoms with Crippen molar-refractivity contribution in [3.05, 3.63) is 23.3 Å². The lowest BCUT2D eigenvalue weighted by Gasteiger charge is -2.43. The number of hydrogen-bond donors (Lipinski definition) is 1. The summed E-state index contributed by atoms with van der Waals surface area (Å²) in [6.45, 7) is 18.7. The molecule has 1 heterocycles. The van der Waals surface area contributed by atoms with Crippen LogP contribution in [0.25, 0.3) is 0 Å². The van der Waals surface area contributed by atoms with Crippen molar-refractivity contribution in [2.75, 3.05) is 6.61 Å². The Bertz CT molecular complexity index is 554. The zero-order valence-corrected chi connectivity index (χ0v) is 19.2. The second kappa shape index (κ2) is 7.90. The van der Waals surface area contributed by atoms with Crippen molar-refractivity contribution in [2.45, 2.75) is 97.8 Å². The number of rotatable bonds is 6. The van der Waals surface area contributed by atoms with E-state index in [9.17, 15) is 5.11 Å². The minimum atomic E-state index is -1.79. The van der Waals surface area contributed by atoms with Gasteiger partial charge in [-0.3, -0.25) is 0 Å². The monoisotopic (exact) mass is 380 g/mol. The van der Waals surface area contributed by atoms with Crippen LogP contribution in [-0.4, -0.2) is 32.4 Å². The van der Waals surface area contributed by atoms with Gasteiger partial charge in [-0.15, -0.1) is 0 Å². The van der Waals surface area contributed by atoms with Crippen LogP contribution in [0.1, 0.15) is 67.2 Å². The SMILES string of the molecule is CC(C)=CCC[C@@]1(C)CC=C(CO[Si](C)(C)C(C)(C)C)[C@@H]2OC(O)C[C@@H]21. The number of ether oxygens (including phenoxy) is 1. The third kappa shape index (κ3) is 4.89. The molecular weight excluding hydrogens is 340 g/mol. The highest BCUT2D eigenvalue weighted by molar-refractivity contribution is 6.74. The van der Waals surface area contributed by atoms with E-state index in [1.807, 2.05) is 0 Å². The zero-order chi connectivity index (χ0) is 19.8. The fourth-order valence-corrected chi connectivity index (χ4v) is 4.85. The van der Waals surface area contributed by atoms with Crippen molar-refractivity contribution < 1.29 is 14.3 Å². The second-order valence-electron chi connectivity index (χ2n) is 10.4. The van der Waals surface area contributed by atoms with Gasteiger partial charge in [0.1, 0.15) is 0 Å². The molecule has 1 aliphatic carbocycles. The van der Waals surface area contributed by atoms with Gasteiger partial charge in [-0.25, -0.2) is 0 Å². The van der Waals surface area contributed by atoms with Crippen molar-refractivity contribution in [1.29, 1.82) is 0 Å². The first-order valence-corrected chi connectivity index (χ1v) is 13.1. The van der Waals surface area contributed by atoms with Gasteiger partial charge in [0.25, 0.3) is 0 Å². The summed E-state index contributed by atoms with van der Waals surface area (Å²) in [5.74, 6) is 0.381. The molecule has 1 aliphatic heterocycles. The van der Waals surface area contributed by atoms with E-state index in [0.717, 1.165) is 25.7 Å². The first-order valence-electron chi connectivity index (χ1n) is 10.2. The van der Waals surface area contributed by atoms with E-state index in [0.29, 0.717) is 12.5 Å². The predicted octanol–water partition coefficient (Wildman–Crippen LogP) is 5.81. The first-order chi connectivity index (χ1) is 11.9. The van der Waals surface area contributed by atoms with Gasteiger partial charge in [0.05, 0.1) is 12.7 Å². The molecule has 0 aromatic carbocycles. The van der Waals surface area contributed by atoms with Crippen LogP contribution in [0.15, 0.2) is 23.3 Å². The fourth-order valence-electron chi connectivity index (χ4n) is 3.89. The van der Waals surface area contributed by atoms with Crippen LogP contribution in [0.4, 0.5) is 0 Å². The van der Waals surface area contributed by atoms with E-state index in [-0.39, 0.29) is 16.6 Å². The molecule has 0 aromatic rings. The predicted molar refractivity (Wildman–Crippen MR) is 112 cm³/mol. The van der Waals surface area contributed by atoms with Crippen LogP contribution in [0, 0.1) is 11.3 Å². The maximum absolute atomic E-state index is 10.2. The van der Waals surface area contributed by atoms with E-state index >= 15 is 0 Å². The Kier molecular flexibility index (Phi) is 6.65. The Morgan fingerprint density at radius 3 is 2.62 bits per heavy atom. The van der Waals surface area contributed by atoms with E-state index in [1.165, 1.54) is 11.1 Å². The van der Waals surface area contributed by atoms with Crippen LogP contribution in [0.2, 0.25) is 18.1 Å². The van der Waals surface area contributed by atoms with Gasteiger partial charge in [0.2, 0.25) is 0 Å². The number of hydrogen-bond acceptors (Lipinski definition) is 3. The standard InChI is InChI=1S/C22H40O3Si/c1-16(2)10-9-12-22(6)13-11-17(20-18(22)14-19(23)25-20)15-24-26(7,8)21(3,4)5/h10-11,18-20,23H,9,12-15H2,1-8H3/t18-,19?,20-,22-/m0/s1. The summed E-state index contributed by atoms with van der Waals surface area (Å²) in [4.78, 5) is 0. The number of fused-ring (bicyclic) bond motifs is 1. The molecule has 1 fully saturated rings. The lowest BCUT2D eigenvalue weighted by molar-refractivity contribution is -0.0867. The van der Waals surface area contributed by atoms with Crippen molar-refractivity contribution in [3.63, 3.8) is 0 Å².